The lowest BCUT2D eigenvalue weighted by Gasteiger charge is -2.26. The van der Waals surface area contributed by atoms with E-state index in [1.165, 1.54) is 12.1 Å². The molecule has 1 aromatic carbocycles. The van der Waals surface area contributed by atoms with Gasteiger partial charge < -0.3 is 10.2 Å². The van der Waals surface area contributed by atoms with Crippen molar-refractivity contribution < 1.29 is 19.8 Å². The third-order valence-corrected chi connectivity index (χ3v) is 3.23. The quantitative estimate of drug-likeness (QED) is 0.653. The van der Waals surface area contributed by atoms with Gasteiger partial charge in [0.15, 0.2) is 11.6 Å². The van der Waals surface area contributed by atoms with E-state index in [2.05, 4.69) is 0 Å². The van der Waals surface area contributed by atoms with Crippen LogP contribution in [0.2, 0.25) is 0 Å². The summed E-state index contributed by atoms with van der Waals surface area (Å²) in [4.78, 5) is 23.8. The predicted octanol–water partition coefficient (Wildman–Crippen LogP) is 1.75. The molecule has 0 saturated carbocycles. The highest BCUT2D eigenvalue weighted by Crippen LogP contribution is 2.38. The molecule has 84 valence electrons. The Balaban J connectivity index is 2.77. The second-order valence-electron chi connectivity index (χ2n) is 4.16. The van der Waals surface area contributed by atoms with Gasteiger partial charge in [-0.05, 0) is 12.1 Å². The van der Waals surface area contributed by atoms with Gasteiger partial charge in [-0.3, -0.25) is 9.59 Å². The van der Waals surface area contributed by atoms with Crippen molar-refractivity contribution in [2.75, 3.05) is 0 Å². The first-order valence-electron chi connectivity index (χ1n) is 5.08. The minimum Gasteiger partial charge on any atom is -0.507 e. The predicted molar refractivity (Wildman–Crippen MR) is 56.8 cm³/mol. The highest BCUT2D eigenvalue weighted by molar-refractivity contribution is 6.18. The number of phenolic OH excluding ortho intramolecular Hbond substituents is 2. The number of benzene rings is 1. The molecule has 1 aliphatic rings. The molecule has 0 amide bonds. The maximum absolute atomic E-state index is 11.9. The minimum absolute atomic E-state index is 0.0457. The molecular formula is C12H12O4. The molecule has 1 aliphatic carbocycles. The Kier molecular flexibility index (Phi) is 2.22. The zero-order valence-corrected chi connectivity index (χ0v) is 9.02. The maximum atomic E-state index is 11.9. The fraction of sp³-hybridized carbons (Fsp3) is 0.333. The van der Waals surface area contributed by atoms with E-state index >= 15 is 0 Å². The number of ketones is 2. The van der Waals surface area contributed by atoms with Crippen molar-refractivity contribution in [2.24, 2.45) is 11.8 Å². The van der Waals surface area contributed by atoms with Crippen LogP contribution in [0.3, 0.4) is 0 Å². The Bertz CT molecular complexity index is 445. The van der Waals surface area contributed by atoms with Crippen LogP contribution in [0, 0.1) is 11.8 Å². The van der Waals surface area contributed by atoms with Crippen LogP contribution in [0.15, 0.2) is 12.1 Å². The van der Waals surface area contributed by atoms with Crippen molar-refractivity contribution >= 4 is 11.6 Å². The number of fused-ring (bicyclic) bond motifs is 1. The fourth-order valence-electron chi connectivity index (χ4n) is 1.99. The van der Waals surface area contributed by atoms with Gasteiger partial charge >= 0.3 is 0 Å². The van der Waals surface area contributed by atoms with E-state index in [1.54, 1.807) is 13.8 Å². The maximum Gasteiger partial charge on any atom is 0.170 e. The normalized spacial score (nSPS) is 24.4. The monoisotopic (exact) mass is 220 g/mol. The van der Waals surface area contributed by atoms with E-state index in [1.807, 2.05) is 0 Å². The molecule has 2 N–H and O–H groups in total. The van der Waals surface area contributed by atoms with Crippen molar-refractivity contribution in [3.05, 3.63) is 23.3 Å². The third kappa shape index (κ3) is 1.23. The first-order chi connectivity index (χ1) is 7.45. The molecule has 2 atom stereocenters. The lowest BCUT2D eigenvalue weighted by molar-refractivity contribution is 0.0757. The van der Waals surface area contributed by atoms with E-state index in [0.717, 1.165) is 0 Å². The largest absolute Gasteiger partial charge is 0.507 e. The van der Waals surface area contributed by atoms with Crippen LogP contribution in [0.25, 0.3) is 0 Å². The fourth-order valence-corrected chi connectivity index (χ4v) is 1.99. The first-order valence-corrected chi connectivity index (χ1v) is 5.08. The van der Waals surface area contributed by atoms with Gasteiger partial charge in [-0.2, -0.15) is 0 Å². The number of hydrogen-bond acceptors (Lipinski definition) is 4. The third-order valence-electron chi connectivity index (χ3n) is 3.23. The summed E-state index contributed by atoms with van der Waals surface area (Å²) >= 11 is 0. The molecule has 0 heterocycles. The summed E-state index contributed by atoms with van der Waals surface area (Å²) in [5, 5.41) is 19.2. The summed E-state index contributed by atoms with van der Waals surface area (Å²) in [5.74, 6) is -2.01. The molecule has 0 aliphatic heterocycles. The summed E-state index contributed by atoms with van der Waals surface area (Å²) in [6, 6.07) is 2.45. The van der Waals surface area contributed by atoms with Gasteiger partial charge in [0.2, 0.25) is 0 Å². The Hall–Kier alpha value is -1.84. The van der Waals surface area contributed by atoms with Crippen LogP contribution in [0.4, 0.5) is 0 Å². The average molecular weight is 220 g/mol. The Morgan fingerprint density at radius 3 is 1.50 bits per heavy atom. The summed E-state index contributed by atoms with van der Waals surface area (Å²) in [6.07, 6.45) is 0. The Morgan fingerprint density at radius 2 is 1.19 bits per heavy atom. The van der Waals surface area contributed by atoms with Crippen LogP contribution in [-0.4, -0.2) is 21.8 Å². The summed E-state index contributed by atoms with van der Waals surface area (Å²) in [6.45, 7) is 3.30. The molecule has 0 fully saturated rings. The van der Waals surface area contributed by atoms with Crippen molar-refractivity contribution in [3.8, 4) is 11.5 Å². The molecule has 2 unspecified atom stereocenters. The van der Waals surface area contributed by atoms with Gasteiger partial charge in [-0.25, -0.2) is 0 Å². The zero-order valence-electron chi connectivity index (χ0n) is 9.02. The number of carbonyl (C=O) groups is 2. The summed E-state index contributed by atoms with van der Waals surface area (Å²) in [5.41, 5.74) is -0.0915. The van der Waals surface area contributed by atoms with Gasteiger partial charge in [-0.1, -0.05) is 13.8 Å². The SMILES string of the molecule is CC1C(=O)c2c(O)ccc(O)c2C(=O)C1C. The summed E-state index contributed by atoms with van der Waals surface area (Å²) in [7, 11) is 0. The van der Waals surface area contributed by atoms with E-state index in [-0.39, 0.29) is 34.2 Å². The van der Waals surface area contributed by atoms with E-state index in [0.29, 0.717) is 0 Å². The lowest BCUT2D eigenvalue weighted by atomic mass is 9.75. The van der Waals surface area contributed by atoms with Gasteiger partial charge in [0.05, 0.1) is 11.1 Å². The number of rotatable bonds is 0. The smallest absolute Gasteiger partial charge is 0.170 e. The van der Waals surface area contributed by atoms with Crippen molar-refractivity contribution in [2.45, 2.75) is 13.8 Å². The second-order valence-corrected chi connectivity index (χ2v) is 4.16. The van der Waals surface area contributed by atoms with E-state index < -0.39 is 11.8 Å². The first kappa shape index (κ1) is 10.7. The molecule has 4 nitrogen and oxygen atoms in total. The molecule has 16 heavy (non-hydrogen) atoms. The molecule has 0 radical (unpaired) electrons. The molecule has 0 bridgehead atoms. The number of phenols is 2. The lowest BCUT2D eigenvalue weighted by Crippen LogP contribution is -2.33. The number of Topliss-reactive ketones (excluding diaryl/α,β-unsaturated/α-hetero) is 2. The van der Waals surface area contributed by atoms with Gasteiger partial charge in [0, 0.05) is 11.8 Å². The van der Waals surface area contributed by atoms with E-state index in [4.69, 9.17) is 0 Å². The Morgan fingerprint density at radius 1 is 0.875 bits per heavy atom. The molecule has 2 rings (SSSR count). The Labute approximate surface area is 92.5 Å². The van der Waals surface area contributed by atoms with Crippen LogP contribution in [0.5, 0.6) is 11.5 Å². The molecule has 0 aromatic heterocycles. The molecule has 0 spiro atoms. The highest BCUT2D eigenvalue weighted by Gasteiger charge is 2.39. The van der Waals surface area contributed by atoms with Gasteiger partial charge in [0.1, 0.15) is 11.5 Å². The minimum atomic E-state index is -0.465. The summed E-state index contributed by atoms with van der Waals surface area (Å²) < 4.78 is 0. The van der Waals surface area contributed by atoms with Gasteiger partial charge in [-0.15, -0.1) is 0 Å². The molecule has 0 saturated heterocycles. The average Bonchev–Trinajstić information content (AvgIpc) is 2.26. The van der Waals surface area contributed by atoms with Gasteiger partial charge in [0.25, 0.3) is 0 Å². The molecule has 4 heteroatoms. The van der Waals surface area contributed by atoms with Crippen LogP contribution >= 0.6 is 0 Å². The standard InChI is InChI=1S/C12H12O4/c1-5-6(2)12(16)10-8(14)4-3-7(13)9(10)11(5)15/h3-6,13-14H,1-2H3. The van der Waals surface area contributed by atoms with Crippen molar-refractivity contribution in [1.29, 1.82) is 0 Å². The van der Waals surface area contributed by atoms with Crippen molar-refractivity contribution in [3.63, 3.8) is 0 Å². The molecular weight excluding hydrogens is 208 g/mol. The number of carbonyl (C=O) groups excluding carboxylic acids is 2. The second kappa shape index (κ2) is 3.33. The van der Waals surface area contributed by atoms with Crippen LogP contribution < -0.4 is 0 Å². The number of aromatic hydroxyl groups is 2. The van der Waals surface area contributed by atoms with Crippen molar-refractivity contribution in [1.82, 2.24) is 0 Å². The topological polar surface area (TPSA) is 74.6 Å². The molecule has 1 aromatic rings. The van der Waals surface area contributed by atoms with Crippen LogP contribution in [0.1, 0.15) is 34.6 Å². The number of hydrogen-bond donors (Lipinski definition) is 2. The highest BCUT2D eigenvalue weighted by atomic mass is 16.3. The zero-order chi connectivity index (χ0) is 12.0. The van der Waals surface area contributed by atoms with E-state index in [9.17, 15) is 19.8 Å². The van der Waals surface area contributed by atoms with Crippen LogP contribution in [-0.2, 0) is 0 Å².